The lowest BCUT2D eigenvalue weighted by molar-refractivity contribution is 0.182. The molecule has 0 saturated carbocycles. The Kier molecular flexibility index (Phi) is 5.15. The van der Waals surface area contributed by atoms with Crippen LogP contribution in [0.2, 0.25) is 0 Å². The third kappa shape index (κ3) is 4.51. The molecule has 110 valence electrons. The van der Waals surface area contributed by atoms with Crippen LogP contribution in [0, 0.1) is 11.3 Å². The smallest absolute Gasteiger partial charge is 0.175 e. The van der Waals surface area contributed by atoms with Gasteiger partial charge in [-0.15, -0.1) is 0 Å². The molecule has 0 fully saturated rings. The quantitative estimate of drug-likeness (QED) is 0.865. The molecule has 0 radical (unpaired) electrons. The lowest BCUT2D eigenvalue weighted by Gasteiger charge is -2.25. The van der Waals surface area contributed by atoms with Gasteiger partial charge < -0.3 is 10.1 Å². The van der Waals surface area contributed by atoms with Gasteiger partial charge in [-0.2, -0.15) is 5.26 Å². The summed E-state index contributed by atoms with van der Waals surface area (Å²) in [5, 5.41) is 12.0. The summed E-state index contributed by atoms with van der Waals surface area (Å²) in [6, 6.07) is 8.56. The molecule has 2 atom stereocenters. The van der Waals surface area contributed by atoms with Crippen LogP contribution in [0.4, 0.5) is 0 Å². The fourth-order valence-electron chi connectivity index (χ4n) is 1.83. The van der Waals surface area contributed by atoms with Gasteiger partial charge in [0.25, 0.3) is 0 Å². The molecule has 6 heteroatoms. The first-order valence-corrected chi connectivity index (χ1v) is 8.16. The molecule has 0 heterocycles. The molecule has 20 heavy (non-hydrogen) atoms. The Morgan fingerprint density at radius 2 is 2.15 bits per heavy atom. The molecule has 0 bridgehead atoms. The summed E-state index contributed by atoms with van der Waals surface area (Å²) in [5.74, 6) is 0.483. The Bertz CT molecular complexity index is 607. The molecule has 1 aromatic rings. The molecule has 1 aromatic carbocycles. The highest BCUT2D eigenvalue weighted by Crippen LogP contribution is 2.21. The molecule has 1 rings (SSSR count). The molecule has 0 aliphatic carbocycles. The van der Waals surface area contributed by atoms with Crippen molar-refractivity contribution < 1.29 is 13.2 Å². The van der Waals surface area contributed by atoms with Crippen LogP contribution in [0.5, 0.6) is 5.75 Å². The first-order valence-electron chi connectivity index (χ1n) is 6.27. The van der Waals surface area contributed by atoms with E-state index in [-0.39, 0.29) is 11.0 Å². The van der Waals surface area contributed by atoms with Gasteiger partial charge in [-0.3, -0.25) is 0 Å². The van der Waals surface area contributed by atoms with Crippen molar-refractivity contribution in [3.63, 3.8) is 0 Å². The second kappa shape index (κ2) is 6.25. The number of hydrogen-bond acceptors (Lipinski definition) is 5. The molecule has 1 N–H and O–H groups in total. The average Bonchev–Trinajstić information content (AvgIpc) is 2.37. The minimum Gasteiger partial charge on any atom is -0.491 e. The second-order valence-electron chi connectivity index (χ2n) is 5.07. The lowest BCUT2D eigenvalue weighted by Crippen LogP contribution is -2.41. The molecule has 0 aliphatic heterocycles. The van der Waals surface area contributed by atoms with Crippen molar-refractivity contribution in [1.82, 2.24) is 5.32 Å². The highest BCUT2D eigenvalue weighted by Gasteiger charge is 2.25. The first kappa shape index (κ1) is 16.5. The Balaban J connectivity index is 2.82. The van der Waals surface area contributed by atoms with Gasteiger partial charge in [0.15, 0.2) is 9.84 Å². The van der Waals surface area contributed by atoms with Gasteiger partial charge in [-0.25, -0.2) is 8.42 Å². The molecule has 5 nitrogen and oxygen atoms in total. The van der Waals surface area contributed by atoms with Crippen LogP contribution in [-0.4, -0.2) is 33.4 Å². The van der Waals surface area contributed by atoms with Gasteiger partial charge in [0, 0.05) is 12.7 Å². The van der Waals surface area contributed by atoms with E-state index >= 15 is 0 Å². The SMILES string of the molecule is CNC(C)(C#N)CC(C)Oc1cccc(S(C)(=O)=O)c1. The average molecular weight is 296 g/mol. The topological polar surface area (TPSA) is 79.2 Å². The van der Waals surface area contributed by atoms with E-state index in [4.69, 9.17) is 10.00 Å². The highest BCUT2D eigenvalue weighted by atomic mass is 32.2. The molecule has 0 aromatic heterocycles. The van der Waals surface area contributed by atoms with Crippen LogP contribution in [0.25, 0.3) is 0 Å². The fraction of sp³-hybridized carbons (Fsp3) is 0.500. The van der Waals surface area contributed by atoms with Gasteiger partial charge in [-0.1, -0.05) is 6.07 Å². The van der Waals surface area contributed by atoms with E-state index in [0.717, 1.165) is 6.26 Å². The third-order valence-corrected chi connectivity index (χ3v) is 4.18. The van der Waals surface area contributed by atoms with Crippen LogP contribution in [0.3, 0.4) is 0 Å². The van der Waals surface area contributed by atoms with Crippen LogP contribution >= 0.6 is 0 Å². The summed E-state index contributed by atoms with van der Waals surface area (Å²) >= 11 is 0. The van der Waals surface area contributed by atoms with E-state index in [9.17, 15) is 8.42 Å². The number of rotatable bonds is 6. The van der Waals surface area contributed by atoms with Crippen molar-refractivity contribution in [2.24, 2.45) is 0 Å². The van der Waals surface area contributed by atoms with Gasteiger partial charge in [0.05, 0.1) is 17.1 Å². The molecule has 0 amide bonds. The zero-order valence-electron chi connectivity index (χ0n) is 12.2. The maximum atomic E-state index is 11.5. The fourth-order valence-corrected chi connectivity index (χ4v) is 2.49. The number of benzene rings is 1. The minimum absolute atomic E-state index is 0.220. The summed E-state index contributed by atoms with van der Waals surface area (Å²) in [7, 11) is -1.53. The molecular formula is C14H20N2O3S. The molecule has 2 unspecified atom stereocenters. The number of nitriles is 1. The number of nitrogens with zero attached hydrogens (tertiary/aromatic N) is 1. The van der Waals surface area contributed by atoms with E-state index < -0.39 is 15.4 Å². The van der Waals surface area contributed by atoms with Crippen LogP contribution < -0.4 is 10.1 Å². The van der Waals surface area contributed by atoms with Crippen LogP contribution in [0.1, 0.15) is 20.3 Å². The maximum absolute atomic E-state index is 11.5. The summed E-state index contributed by atoms with van der Waals surface area (Å²) in [4.78, 5) is 0.221. The lowest BCUT2D eigenvalue weighted by atomic mass is 9.97. The van der Waals surface area contributed by atoms with Crippen LogP contribution in [0.15, 0.2) is 29.2 Å². The maximum Gasteiger partial charge on any atom is 0.175 e. The Labute approximate surface area is 120 Å². The van der Waals surface area contributed by atoms with Crippen LogP contribution in [-0.2, 0) is 9.84 Å². The van der Waals surface area contributed by atoms with E-state index in [2.05, 4.69) is 11.4 Å². The van der Waals surface area contributed by atoms with Crippen molar-refractivity contribution in [3.05, 3.63) is 24.3 Å². The molecule has 0 saturated heterocycles. The molecule has 0 aliphatic rings. The van der Waals surface area contributed by atoms with Gasteiger partial charge in [0.1, 0.15) is 11.3 Å². The summed E-state index contributed by atoms with van der Waals surface area (Å²) in [6.07, 6.45) is 1.42. The summed E-state index contributed by atoms with van der Waals surface area (Å²) < 4.78 is 28.7. The molecule has 0 spiro atoms. The summed E-state index contributed by atoms with van der Waals surface area (Å²) in [6.45, 7) is 3.64. The summed E-state index contributed by atoms with van der Waals surface area (Å²) in [5.41, 5.74) is -0.673. The first-order chi connectivity index (χ1) is 9.20. The van der Waals surface area contributed by atoms with Gasteiger partial charge in [0.2, 0.25) is 0 Å². The van der Waals surface area contributed by atoms with Crippen molar-refractivity contribution in [2.75, 3.05) is 13.3 Å². The molecular weight excluding hydrogens is 276 g/mol. The Morgan fingerprint density at radius 3 is 2.65 bits per heavy atom. The van der Waals surface area contributed by atoms with Crippen molar-refractivity contribution in [1.29, 1.82) is 5.26 Å². The minimum atomic E-state index is -3.25. The largest absolute Gasteiger partial charge is 0.491 e. The van der Waals surface area contributed by atoms with E-state index in [1.54, 1.807) is 26.1 Å². The number of hydrogen-bond donors (Lipinski definition) is 1. The normalized spacial score (nSPS) is 15.9. The van der Waals surface area contributed by atoms with E-state index in [1.807, 2.05) is 6.92 Å². The predicted molar refractivity (Wildman–Crippen MR) is 77.3 cm³/mol. The Morgan fingerprint density at radius 1 is 1.50 bits per heavy atom. The van der Waals surface area contributed by atoms with Crippen molar-refractivity contribution in [3.8, 4) is 11.8 Å². The number of nitrogens with one attached hydrogen (secondary N) is 1. The zero-order chi connectivity index (χ0) is 15.4. The monoisotopic (exact) mass is 296 g/mol. The van der Waals surface area contributed by atoms with Crippen molar-refractivity contribution >= 4 is 9.84 Å². The Hall–Kier alpha value is -1.58. The highest BCUT2D eigenvalue weighted by molar-refractivity contribution is 7.90. The predicted octanol–water partition coefficient (Wildman–Crippen LogP) is 1.75. The van der Waals surface area contributed by atoms with Crippen molar-refractivity contribution in [2.45, 2.75) is 36.8 Å². The standard InChI is InChI=1S/C14H20N2O3S/c1-11(9-14(2,10-15)16-3)19-12-6-5-7-13(8-12)20(4,17)18/h5-8,11,16H,9H2,1-4H3. The van der Waals surface area contributed by atoms with E-state index in [0.29, 0.717) is 12.2 Å². The van der Waals surface area contributed by atoms with Gasteiger partial charge >= 0.3 is 0 Å². The zero-order valence-corrected chi connectivity index (χ0v) is 13.0. The second-order valence-corrected chi connectivity index (χ2v) is 7.09. The van der Waals surface area contributed by atoms with Gasteiger partial charge in [-0.05, 0) is 39.1 Å². The van der Waals surface area contributed by atoms with E-state index in [1.165, 1.54) is 12.1 Å². The number of ether oxygens (including phenoxy) is 1. The number of sulfone groups is 1. The third-order valence-electron chi connectivity index (χ3n) is 3.07.